The van der Waals surface area contributed by atoms with E-state index in [2.05, 4.69) is 31.0 Å². The first-order valence-corrected chi connectivity index (χ1v) is 17.4. The summed E-state index contributed by atoms with van der Waals surface area (Å²) in [6, 6.07) is 6.57. The lowest BCUT2D eigenvalue weighted by Crippen LogP contribution is -2.73. The van der Waals surface area contributed by atoms with Gasteiger partial charge in [-0.2, -0.15) is 9.40 Å². The molecule has 11 heteroatoms. The Balaban J connectivity index is 1.29. The summed E-state index contributed by atoms with van der Waals surface area (Å²) in [5.41, 5.74) is 3.12. The average molecular weight is 613 g/mol. The van der Waals surface area contributed by atoms with Gasteiger partial charge >= 0.3 is 0 Å². The van der Waals surface area contributed by atoms with Gasteiger partial charge in [-0.25, -0.2) is 13.1 Å². The molecule has 4 heterocycles. The predicted octanol–water partition coefficient (Wildman–Crippen LogP) is 3.78. The number of carbonyl (C=O) groups excluding carboxylic acids is 2. The van der Waals surface area contributed by atoms with Crippen LogP contribution in [-0.4, -0.2) is 88.4 Å². The lowest BCUT2D eigenvalue weighted by atomic mass is 9.80. The van der Waals surface area contributed by atoms with Gasteiger partial charge in [0.15, 0.2) is 0 Å². The van der Waals surface area contributed by atoms with E-state index in [9.17, 15) is 18.0 Å². The maximum absolute atomic E-state index is 13.6. The van der Waals surface area contributed by atoms with Crippen molar-refractivity contribution in [3.63, 3.8) is 0 Å². The number of nitrogens with one attached hydrogen (secondary N) is 1. The summed E-state index contributed by atoms with van der Waals surface area (Å²) in [6.45, 7) is 14.3. The van der Waals surface area contributed by atoms with Crippen molar-refractivity contribution < 1.29 is 18.0 Å². The van der Waals surface area contributed by atoms with Crippen LogP contribution in [0.3, 0.4) is 0 Å². The molecular weight excluding hydrogens is 564 g/mol. The minimum Gasteiger partial charge on any atom is -0.342 e. The van der Waals surface area contributed by atoms with Crippen LogP contribution >= 0.6 is 0 Å². The highest BCUT2D eigenvalue weighted by molar-refractivity contribution is 7.89. The van der Waals surface area contributed by atoms with Crippen molar-refractivity contribution in [3.05, 3.63) is 41.2 Å². The smallest absolute Gasteiger partial charge is 0.246 e. The number of benzene rings is 1. The summed E-state index contributed by atoms with van der Waals surface area (Å²) in [5, 5.41) is 7.91. The molecule has 1 atom stereocenters. The van der Waals surface area contributed by atoms with Crippen LogP contribution in [0.25, 0.3) is 5.69 Å². The molecule has 0 unspecified atom stereocenters. The second-order valence-corrected chi connectivity index (χ2v) is 14.9. The third kappa shape index (κ3) is 6.13. The van der Waals surface area contributed by atoms with Gasteiger partial charge in [-0.1, -0.05) is 27.2 Å². The number of likely N-dealkylation sites (tertiary alicyclic amines) is 1. The molecule has 2 aromatic rings. The van der Waals surface area contributed by atoms with Crippen LogP contribution in [0.4, 0.5) is 0 Å². The lowest BCUT2D eigenvalue weighted by Gasteiger charge is -2.52. The molecule has 5 rings (SSSR count). The van der Waals surface area contributed by atoms with E-state index in [0.717, 1.165) is 48.3 Å². The Morgan fingerprint density at radius 1 is 1.02 bits per heavy atom. The van der Waals surface area contributed by atoms with Gasteiger partial charge in [-0.15, -0.1) is 0 Å². The number of piperidine rings is 1. The van der Waals surface area contributed by atoms with Crippen LogP contribution in [0.1, 0.15) is 82.7 Å². The van der Waals surface area contributed by atoms with E-state index in [4.69, 9.17) is 5.10 Å². The van der Waals surface area contributed by atoms with Crippen molar-refractivity contribution in [2.24, 2.45) is 5.92 Å². The third-order valence-electron chi connectivity index (χ3n) is 9.54. The molecule has 10 nitrogen and oxygen atoms in total. The largest absolute Gasteiger partial charge is 0.342 e. The first-order valence-electron chi connectivity index (χ1n) is 16.0. The monoisotopic (exact) mass is 612 g/mol. The standard InChI is InChI=1S/C32H48N6O4S/c1-6-7-18-37-30(39)29(21-23(2)3)33-31(40)32(37)14-19-35(20-15-32)22-28-24(4)34-38(25(28)5)26-10-12-27(13-11-26)43(41,42)36-16-8-9-17-36/h10-13,23,29H,6-9,14-22H2,1-5H3,(H,33,40)/t29-/m0/s1. The Kier molecular flexibility index (Phi) is 9.34. The van der Waals surface area contributed by atoms with E-state index in [0.29, 0.717) is 69.3 Å². The molecule has 3 saturated heterocycles. The SMILES string of the molecule is CCCCN1C(=O)[C@H](CC(C)C)NC(=O)C12CCN(Cc1c(C)nn(-c3ccc(S(=O)(=O)N4CCCC4)cc3)c1C)CC2. The van der Waals surface area contributed by atoms with Gasteiger partial charge in [0, 0.05) is 50.5 Å². The number of aryl methyl sites for hydroxylation is 1. The zero-order valence-electron chi connectivity index (χ0n) is 26.4. The highest BCUT2D eigenvalue weighted by Crippen LogP contribution is 2.35. The van der Waals surface area contributed by atoms with Crippen LogP contribution in [0, 0.1) is 19.8 Å². The topological polar surface area (TPSA) is 108 Å². The molecule has 43 heavy (non-hydrogen) atoms. The van der Waals surface area contributed by atoms with Gasteiger partial charge in [0.25, 0.3) is 0 Å². The highest BCUT2D eigenvalue weighted by atomic mass is 32.2. The zero-order chi connectivity index (χ0) is 30.9. The molecule has 3 aliphatic heterocycles. The zero-order valence-corrected chi connectivity index (χ0v) is 27.3. The summed E-state index contributed by atoms with van der Waals surface area (Å²) in [6.07, 6.45) is 5.57. The molecular formula is C32H48N6O4S. The Hall–Kier alpha value is -2.76. The van der Waals surface area contributed by atoms with Crippen LogP contribution in [0.15, 0.2) is 29.2 Å². The summed E-state index contributed by atoms with van der Waals surface area (Å²) in [4.78, 5) is 31.8. The van der Waals surface area contributed by atoms with Crippen molar-refractivity contribution in [2.75, 3.05) is 32.7 Å². The van der Waals surface area contributed by atoms with Gasteiger partial charge in [-0.3, -0.25) is 14.5 Å². The van der Waals surface area contributed by atoms with Crippen LogP contribution in [0.2, 0.25) is 0 Å². The second-order valence-electron chi connectivity index (χ2n) is 13.0. The number of nitrogens with zero attached hydrogens (tertiary/aromatic N) is 5. The van der Waals surface area contributed by atoms with Gasteiger partial charge in [0.2, 0.25) is 21.8 Å². The van der Waals surface area contributed by atoms with Crippen molar-refractivity contribution in [1.82, 2.24) is 29.2 Å². The first kappa shape index (κ1) is 31.7. The van der Waals surface area contributed by atoms with Crippen molar-refractivity contribution >= 4 is 21.8 Å². The number of hydrogen-bond donors (Lipinski definition) is 1. The quantitative estimate of drug-likeness (QED) is 0.438. The Bertz CT molecular complexity index is 1420. The van der Waals surface area contributed by atoms with Gasteiger partial charge < -0.3 is 10.2 Å². The number of piperazine rings is 1. The maximum atomic E-state index is 13.6. The summed E-state index contributed by atoms with van der Waals surface area (Å²) < 4.78 is 29.4. The second kappa shape index (κ2) is 12.7. The Morgan fingerprint density at radius 3 is 2.28 bits per heavy atom. The number of unbranched alkanes of at least 4 members (excludes halogenated alkanes) is 1. The molecule has 1 N–H and O–H groups in total. The van der Waals surface area contributed by atoms with E-state index < -0.39 is 21.6 Å². The summed E-state index contributed by atoms with van der Waals surface area (Å²) in [7, 11) is -3.46. The van der Waals surface area contributed by atoms with Crippen LogP contribution in [0.5, 0.6) is 0 Å². The van der Waals surface area contributed by atoms with E-state index in [-0.39, 0.29) is 11.8 Å². The highest BCUT2D eigenvalue weighted by Gasteiger charge is 2.53. The molecule has 236 valence electrons. The molecule has 1 aromatic heterocycles. The molecule has 0 saturated carbocycles. The molecule has 0 radical (unpaired) electrons. The summed E-state index contributed by atoms with van der Waals surface area (Å²) >= 11 is 0. The number of aromatic nitrogens is 2. The van der Waals surface area contributed by atoms with Gasteiger partial charge in [0.05, 0.1) is 16.3 Å². The molecule has 0 aliphatic carbocycles. The van der Waals surface area contributed by atoms with Gasteiger partial charge in [-0.05, 0) is 82.6 Å². The molecule has 1 aromatic carbocycles. The van der Waals surface area contributed by atoms with E-state index in [1.807, 2.05) is 35.6 Å². The van der Waals surface area contributed by atoms with E-state index >= 15 is 0 Å². The van der Waals surface area contributed by atoms with Crippen LogP contribution < -0.4 is 5.32 Å². The van der Waals surface area contributed by atoms with Crippen molar-refractivity contribution in [1.29, 1.82) is 0 Å². The maximum Gasteiger partial charge on any atom is 0.246 e. The number of sulfonamides is 1. The number of carbonyl (C=O) groups is 2. The minimum atomic E-state index is -3.46. The molecule has 0 bridgehead atoms. The molecule has 2 amide bonds. The molecule has 3 aliphatic rings. The predicted molar refractivity (Wildman–Crippen MR) is 166 cm³/mol. The van der Waals surface area contributed by atoms with Gasteiger partial charge in [0.1, 0.15) is 11.6 Å². The van der Waals surface area contributed by atoms with E-state index in [1.54, 1.807) is 16.4 Å². The minimum absolute atomic E-state index is 0.00359. The third-order valence-corrected chi connectivity index (χ3v) is 11.5. The van der Waals surface area contributed by atoms with Crippen molar-refractivity contribution in [2.45, 2.75) is 103 Å². The molecule has 1 spiro atoms. The fourth-order valence-electron chi connectivity index (χ4n) is 6.94. The number of rotatable bonds is 10. The van der Waals surface area contributed by atoms with Crippen LogP contribution in [-0.2, 0) is 26.2 Å². The molecule has 3 fully saturated rings. The summed E-state index contributed by atoms with van der Waals surface area (Å²) in [5.74, 6) is 0.401. The Morgan fingerprint density at radius 2 is 1.67 bits per heavy atom. The fourth-order valence-corrected chi connectivity index (χ4v) is 8.46. The Labute approximate surface area is 256 Å². The average Bonchev–Trinajstić information content (AvgIpc) is 3.62. The fraction of sp³-hybridized carbons (Fsp3) is 0.656. The first-order chi connectivity index (χ1) is 20.5. The van der Waals surface area contributed by atoms with Crippen molar-refractivity contribution in [3.8, 4) is 5.69 Å². The van der Waals surface area contributed by atoms with E-state index in [1.165, 1.54) is 0 Å². The lowest BCUT2D eigenvalue weighted by molar-refractivity contribution is -0.161. The normalized spacial score (nSPS) is 21.7. The number of amides is 2. The number of hydrogen-bond acceptors (Lipinski definition) is 6.